The fourth-order valence-corrected chi connectivity index (χ4v) is 2.43. The zero-order valence-corrected chi connectivity index (χ0v) is 10.7. The van der Waals surface area contributed by atoms with Crippen LogP contribution in [0.1, 0.15) is 16.8 Å². The Bertz CT molecular complexity index is 598. The Kier molecular flexibility index (Phi) is 3.13. The van der Waals surface area contributed by atoms with Crippen LogP contribution >= 0.6 is 0 Å². The van der Waals surface area contributed by atoms with Gasteiger partial charge >= 0.3 is 0 Å². The number of H-pyrrole nitrogens is 1. The van der Waals surface area contributed by atoms with E-state index in [-0.39, 0.29) is 5.91 Å². The van der Waals surface area contributed by atoms with Gasteiger partial charge in [0.15, 0.2) is 0 Å². The molecule has 3 rings (SSSR count). The number of amides is 1. The van der Waals surface area contributed by atoms with Gasteiger partial charge in [-0.2, -0.15) is 0 Å². The van der Waals surface area contributed by atoms with Gasteiger partial charge in [-0.25, -0.2) is 0 Å². The number of aromatic amines is 1. The number of carbonyl (C=O) groups is 1. The molecule has 0 radical (unpaired) electrons. The van der Waals surface area contributed by atoms with Crippen molar-refractivity contribution >= 4 is 22.5 Å². The number of fused-ring (bicyclic) bond motifs is 1. The van der Waals surface area contributed by atoms with Gasteiger partial charge in [0.1, 0.15) is 0 Å². The molecule has 1 fully saturated rings. The predicted octanol–water partition coefficient (Wildman–Crippen LogP) is 1.61. The first-order valence-electron chi connectivity index (χ1n) is 6.49. The summed E-state index contributed by atoms with van der Waals surface area (Å²) in [6.45, 7) is 2.72. The van der Waals surface area contributed by atoms with Gasteiger partial charge in [-0.3, -0.25) is 4.79 Å². The molecule has 1 aromatic heterocycles. The van der Waals surface area contributed by atoms with Gasteiger partial charge in [0.25, 0.3) is 5.91 Å². The number of aromatic nitrogens is 1. The van der Waals surface area contributed by atoms with Gasteiger partial charge in [-0.15, -0.1) is 0 Å². The zero-order valence-electron chi connectivity index (χ0n) is 10.7. The molecule has 2 aromatic rings. The molecule has 5 nitrogen and oxygen atoms in total. The van der Waals surface area contributed by atoms with Crippen LogP contribution in [0, 0.1) is 0 Å². The number of hydrogen-bond donors (Lipinski definition) is 2. The number of nitrogens with zero attached hydrogens (tertiary/aromatic N) is 1. The number of carbonyl (C=O) groups excluding carboxylic acids is 1. The Morgan fingerprint density at radius 3 is 3.11 bits per heavy atom. The summed E-state index contributed by atoms with van der Waals surface area (Å²) in [7, 11) is 0. The lowest BCUT2D eigenvalue weighted by atomic mass is 10.1. The van der Waals surface area contributed by atoms with Crippen molar-refractivity contribution in [2.75, 3.05) is 32.0 Å². The van der Waals surface area contributed by atoms with Crippen LogP contribution in [0.4, 0.5) is 5.69 Å². The standard InChI is InChI=1S/C14H17N3O2/c15-10-2-3-13-11(8-10)12(9-16-13)14(18)17-4-1-6-19-7-5-17/h2-3,8-9,16H,1,4-7,15H2. The van der Waals surface area contributed by atoms with Gasteiger partial charge in [0.05, 0.1) is 12.2 Å². The van der Waals surface area contributed by atoms with Crippen molar-refractivity contribution in [3.05, 3.63) is 30.0 Å². The fourth-order valence-electron chi connectivity index (χ4n) is 2.43. The van der Waals surface area contributed by atoms with E-state index in [0.717, 1.165) is 30.5 Å². The third-order valence-corrected chi connectivity index (χ3v) is 3.45. The first-order valence-corrected chi connectivity index (χ1v) is 6.49. The molecule has 1 aliphatic rings. The predicted molar refractivity (Wildman–Crippen MR) is 74.1 cm³/mol. The van der Waals surface area contributed by atoms with Crippen molar-refractivity contribution in [2.24, 2.45) is 0 Å². The summed E-state index contributed by atoms with van der Waals surface area (Å²) in [6, 6.07) is 5.56. The maximum atomic E-state index is 12.5. The van der Waals surface area contributed by atoms with Crippen LogP contribution in [0.25, 0.3) is 10.9 Å². The molecule has 0 atom stereocenters. The number of rotatable bonds is 1. The first kappa shape index (κ1) is 12.0. The molecule has 100 valence electrons. The normalized spacial score (nSPS) is 16.5. The minimum Gasteiger partial charge on any atom is -0.399 e. The average molecular weight is 259 g/mol. The Labute approximate surface area is 111 Å². The molecule has 1 amide bonds. The monoisotopic (exact) mass is 259 g/mol. The number of nitrogens with two attached hydrogens (primary N) is 1. The quantitative estimate of drug-likeness (QED) is 0.764. The summed E-state index contributed by atoms with van der Waals surface area (Å²) >= 11 is 0. The third-order valence-electron chi connectivity index (χ3n) is 3.45. The van der Waals surface area contributed by atoms with Crippen molar-refractivity contribution in [3.63, 3.8) is 0 Å². The van der Waals surface area contributed by atoms with Gasteiger partial charge in [-0.1, -0.05) is 0 Å². The summed E-state index contributed by atoms with van der Waals surface area (Å²) in [6.07, 6.45) is 2.65. The maximum absolute atomic E-state index is 12.5. The van der Waals surface area contributed by atoms with E-state index in [0.29, 0.717) is 24.4 Å². The van der Waals surface area contributed by atoms with Crippen LogP contribution in [0.15, 0.2) is 24.4 Å². The molecule has 19 heavy (non-hydrogen) atoms. The van der Waals surface area contributed by atoms with Crippen molar-refractivity contribution in [1.82, 2.24) is 9.88 Å². The summed E-state index contributed by atoms with van der Waals surface area (Å²) in [5.74, 6) is 0.0438. The minimum absolute atomic E-state index is 0.0438. The van der Waals surface area contributed by atoms with Crippen LogP contribution in [0.3, 0.4) is 0 Å². The fraction of sp³-hybridized carbons (Fsp3) is 0.357. The smallest absolute Gasteiger partial charge is 0.256 e. The van der Waals surface area contributed by atoms with Crippen LogP contribution in [0.5, 0.6) is 0 Å². The van der Waals surface area contributed by atoms with E-state index in [9.17, 15) is 4.79 Å². The van der Waals surface area contributed by atoms with E-state index in [1.54, 1.807) is 6.20 Å². The molecule has 0 saturated carbocycles. The molecule has 2 heterocycles. The Balaban J connectivity index is 1.94. The summed E-state index contributed by atoms with van der Waals surface area (Å²) in [5.41, 5.74) is 8.08. The third kappa shape index (κ3) is 2.29. The van der Waals surface area contributed by atoms with E-state index in [2.05, 4.69) is 4.98 Å². The zero-order chi connectivity index (χ0) is 13.2. The molecule has 5 heteroatoms. The second-order valence-corrected chi connectivity index (χ2v) is 4.77. The Morgan fingerprint density at radius 1 is 1.32 bits per heavy atom. The number of ether oxygens (including phenoxy) is 1. The molecule has 0 spiro atoms. The van der Waals surface area contributed by atoms with Crippen LogP contribution in [0.2, 0.25) is 0 Å². The Hall–Kier alpha value is -2.01. The number of hydrogen-bond acceptors (Lipinski definition) is 3. The van der Waals surface area contributed by atoms with Gasteiger partial charge in [0, 0.05) is 42.5 Å². The van der Waals surface area contributed by atoms with E-state index < -0.39 is 0 Å². The lowest BCUT2D eigenvalue weighted by molar-refractivity contribution is 0.0743. The highest BCUT2D eigenvalue weighted by Gasteiger charge is 2.20. The molecule has 0 unspecified atom stereocenters. The molecule has 3 N–H and O–H groups in total. The van der Waals surface area contributed by atoms with Crippen LogP contribution < -0.4 is 5.73 Å². The first-order chi connectivity index (χ1) is 9.25. The van der Waals surface area contributed by atoms with E-state index in [1.807, 2.05) is 23.1 Å². The average Bonchev–Trinajstić information content (AvgIpc) is 2.64. The number of benzene rings is 1. The van der Waals surface area contributed by atoms with Crippen molar-refractivity contribution in [1.29, 1.82) is 0 Å². The van der Waals surface area contributed by atoms with Crippen molar-refractivity contribution in [2.45, 2.75) is 6.42 Å². The van der Waals surface area contributed by atoms with E-state index in [1.165, 1.54) is 0 Å². The topological polar surface area (TPSA) is 71.4 Å². The molecular formula is C14H17N3O2. The van der Waals surface area contributed by atoms with Crippen molar-refractivity contribution < 1.29 is 9.53 Å². The summed E-state index contributed by atoms with van der Waals surface area (Å²) < 4.78 is 5.38. The van der Waals surface area contributed by atoms with Gasteiger partial charge < -0.3 is 20.4 Å². The van der Waals surface area contributed by atoms with E-state index >= 15 is 0 Å². The molecule has 0 bridgehead atoms. The van der Waals surface area contributed by atoms with Crippen molar-refractivity contribution in [3.8, 4) is 0 Å². The van der Waals surface area contributed by atoms with Gasteiger partial charge in [-0.05, 0) is 24.6 Å². The largest absolute Gasteiger partial charge is 0.399 e. The lowest BCUT2D eigenvalue weighted by Gasteiger charge is -2.19. The molecule has 0 aliphatic carbocycles. The highest BCUT2D eigenvalue weighted by molar-refractivity contribution is 6.07. The second-order valence-electron chi connectivity index (χ2n) is 4.77. The van der Waals surface area contributed by atoms with Gasteiger partial charge in [0.2, 0.25) is 0 Å². The highest BCUT2D eigenvalue weighted by Crippen LogP contribution is 2.22. The second kappa shape index (κ2) is 4.93. The minimum atomic E-state index is 0.0438. The summed E-state index contributed by atoms with van der Waals surface area (Å²) in [4.78, 5) is 17.5. The molecular weight excluding hydrogens is 242 g/mol. The maximum Gasteiger partial charge on any atom is 0.256 e. The molecule has 1 aromatic carbocycles. The number of nitrogen functional groups attached to an aromatic ring is 1. The van der Waals surface area contributed by atoms with Crippen LogP contribution in [-0.4, -0.2) is 42.1 Å². The lowest BCUT2D eigenvalue weighted by Crippen LogP contribution is -2.33. The highest BCUT2D eigenvalue weighted by atomic mass is 16.5. The van der Waals surface area contributed by atoms with E-state index in [4.69, 9.17) is 10.5 Å². The van der Waals surface area contributed by atoms with Crippen LogP contribution in [-0.2, 0) is 4.74 Å². The number of nitrogens with one attached hydrogen (secondary N) is 1. The summed E-state index contributed by atoms with van der Waals surface area (Å²) in [5, 5.41) is 0.884. The Morgan fingerprint density at radius 2 is 2.21 bits per heavy atom. The molecule has 1 saturated heterocycles. The SMILES string of the molecule is Nc1ccc2[nH]cc(C(=O)N3CCCOCC3)c2c1. The molecule has 1 aliphatic heterocycles. The number of anilines is 1.